The first-order chi connectivity index (χ1) is 7.24. The number of hydrogen-bond acceptors (Lipinski definition) is 2. The van der Waals surface area contributed by atoms with Crippen molar-refractivity contribution in [2.24, 2.45) is 0 Å². The molecule has 0 saturated carbocycles. The fourth-order valence-electron chi connectivity index (χ4n) is 1.31. The molecule has 0 radical (unpaired) electrons. The highest BCUT2D eigenvalue weighted by molar-refractivity contribution is 7.99. The summed E-state index contributed by atoms with van der Waals surface area (Å²) in [6.07, 6.45) is 0. The Hall–Kier alpha value is -0.630. The zero-order valence-corrected chi connectivity index (χ0v) is 10.6. The van der Waals surface area contributed by atoms with E-state index in [1.807, 2.05) is 11.8 Å². The van der Waals surface area contributed by atoms with Gasteiger partial charge in [0.1, 0.15) is 5.75 Å². The third kappa shape index (κ3) is 4.61. The molecular formula is C13H20OS. The zero-order chi connectivity index (χ0) is 11.1. The molecule has 15 heavy (non-hydrogen) atoms. The van der Waals surface area contributed by atoms with Crippen molar-refractivity contribution in [3.8, 4) is 5.75 Å². The van der Waals surface area contributed by atoms with E-state index in [0.29, 0.717) is 5.92 Å². The normalized spacial score (nSPS) is 10.7. The monoisotopic (exact) mass is 224 g/mol. The van der Waals surface area contributed by atoms with Gasteiger partial charge in [-0.05, 0) is 29.4 Å². The molecule has 0 unspecified atom stereocenters. The van der Waals surface area contributed by atoms with Crippen molar-refractivity contribution in [3.05, 3.63) is 29.8 Å². The molecule has 0 aliphatic heterocycles. The van der Waals surface area contributed by atoms with Crippen molar-refractivity contribution in [2.75, 3.05) is 18.1 Å². The highest BCUT2D eigenvalue weighted by atomic mass is 32.2. The van der Waals surface area contributed by atoms with Gasteiger partial charge in [-0.25, -0.2) is 0 Å². The van der Waals surface area contributed by atoms with Crippen LogP contribution in [-0.4, -0.2) is 18.1 Å². The van der Waals surface area contributed by atoms with E-state index in [0.717, 1.165) is 23.9 Å². The topological polar surface area (TPSA) is 9.23 Å². The van der Waals surface area contributed by atoms with E-state index in [1.165, 1.54) is 5.56 Å². The molecule has 0 N–H and O–H groups in total. The maximum absolute atomic E-state index is 5.62. The minimum atomic E-state index is 0.592. The van der Waals surface area contributed by atoms with Gasteiger partial charge in [0.25, 0.3) is 0 Å². The summed E-state index contributed by atoms with van der Waals surface area (Å²) >= 11 is 1.91. The second-order valence-corrected chi connectivity index (χ2v) is 5.16. The summed E-state index contributed by atoms with van der Waals surface area (Å²) in [5, 5.41) is 0. The molecule has 0 atom stereocenters. The summed E-state index contributed by atoms with van der Waals surface area (Å²) < 4.78 is 5.62. The molecule has 84 valence electrons. The number of thioether (sulfide) groups is 1. The van der Waals surface area contributed by atoms with Crippen molar-refractivity contribution in [3.63, 3.8) is 0 Å². The molecule has 0 spiro atoms. The number of hydrogen-bond donors (Lipinski definition) is 0. The molecule has 0 aromatic heterocycles. The summed E-state index contributed by atoms with van der Waals surface area (Å²) in [5.74, 6) is 3.81. The minimum absolute atomic E-state index is 0.592. The van der Waals surface area contributed by atoms with Gasteiger partial charge in [0.2, 0.25) is 0 Å². The van der Waals surface area contributed by atoms with Gasteiger partial charge in [-0.2, -0.15) is 11.8 Å². The Bertz CT molecular complexity index is 266. The zero-order valence-electron chi connectivity index (χ0n) is 9.82. The molecule has 0 aliphatic carbocycles. The van der Waals surface area contributed by atoms with Crippen LogP contribution in [0.2, 0.25) is 0 Å². The molecule has 0 saturated heterocycles. The van der Waals surface area contributed by atoms with E-state index in [9.17, 15) is 0 Å². The van der Waals surface area contributed by atoms with E-state index >= 15 is 0 Å². The van der Waals surface area contributed by atoms with Crippen LogP contribution < -0.4 is 4.74 Å². The summed E-state index contributed by atoms with van der Waals surface area (Å²) in [6, 6.07) is 8.41. The van der Waals surface area contributed by atoms with E-state index in [4.69, 9.17) is 4.74 Å². The van der Waals surface area contributed by atoms with Crippen LogP contribution in [0.5, 0.6) is 5.75 Å². The van der Waals surface area contributed by atoms with Crippen LogP contribution in [-0.2, 0) is 0 Å². The van der Waals surface area contributed by atoms with Crippen molar-refractivity contribution < 1.29 is 4.74 Å². The van der Waals surface area contributed by atoms with Gasteiger partial charge in [0.05, 0.1) is 6.61 Å². The van der Waals surface area contributed by atoms with Gasteiger partial charge in [0.15, 0.2) is 0 Å². The van der Waals surface area contributed by atoms with Gasteiger partial charge in [-0.15, -0.1) is 0 Å². The molecular weight excluding hydrogens is 204 g/mol. The third-order valence-electron chi connectivity index (χ3n) is 2.25. The van der Waals surface area contributed by atoms with Crippen LogP contribution in [0.15, 0.2) is 24.3 Å². The summed E-state index contributed by atoms with van der Waals surface area (Å²) in [7, 11) is 0. The molecule has 1 nitrogen and oxygen atoms in total. The quantitative estimate of drug-likeness (QED) is 0.677. The molecule has 1 rings (SSSR count). The average molecular weight is 224 g/mol. The first-order valence-corrected chi connectivity index (χ1v) is 6.70. The standard InChI is InChI=1S/C13H20OS/c1-4-15-10-9-14-13-7-5-12(6-8-13)11(2)3/h5-8,11H,4,9-10H2,1-3H3. The number of benzene rings is 1. The first-order valence-electron chi connectivity index (χ1n) is 5.54. The van der Waals surface area contributed by atoms with E-state index in [-0.39, 0.29) is 0 Å². The molecule has 1 aromatic rings. The number of rotatable bonds is 6. The lowest BCUT2D eigenvalue weighted by molar-refractivity contribution is 0.344. The highest BCUT2D eigenvalue weighted by Crippen LogP contribution is 2.18. The molecule has 0 fully saturated rings. The fraction of sp³-hybridized carbons (Fsp3) is 0.538. The van der Waals surface area contributed by atoms with Crippen molar-refractivity contribution >= 4 is 11.8 Å². The van der Waals surface area contributed by atoms with Crippen LogP contribution in [0.25, 0.3) is 0 Å². The van der Waals surface area contributed by atoms with E-state index in [1.54, 1.807) is 0 Å². The molecule has 1 aromatic carbocycles. The Morgan fingerprint density at radius 1 is 1.20 bits per heavy atom. The second-order valence-electron chi connectivity index (χ2n) is 3.77. The highest BCUT2D eigenvalue weighted by Gasteiger charge is 1.99. The molecule has 0 aliphatic rings. The SMILES string of the molecule is CCSCCOc1ccc(C(C)C)cc1. The predicted molar refractivity (Wildman–Crippen MR) is 69.0 cm³/mol. The van der Waals surface area contributed by atoms with Crippen LogP contribution in [0, 0.1) is 0 Å². The van der Waals surface area contributed by atoms with Gasteiger partial charge < -0.3 is 4.74 Å². The predicted octanol–water partition coefficient (Wildman–Crippen LogP) is 3.94. The van der Waals surface area contributed by atoms with Crippen LogP contribution >= 0.6 is 11.8 Å². The summed E-state index contributed by atoms with van der Waals surface area (Å²) in [5.41, 5.74) is 1.37. The van der Waals surface area contributed by atoms with Crippen LogP contribution in [0.1, 0.15) is 32.3 Å². The van der Waals surface area contributed by atoms with Gasteiger partial charge >= 0.3 is 0 Å². The average Bonchev–Trinajstić information content (AvgIpc) is 2.25. The van der Waals surface area contributed by atoms with E-state index in [2.05, 4.69) is 45.0 Å². The van der Waals surface area contributed by atoms with Gasteiger partial charge in [-0.3, -0.25) is 0 Å². The Kier molecular flexibility index (Phi) is 5.62. The fourth-order valence-corrected chi connectivity index (χ4v) is 1.80. The van der Waals surface area contributed by atoms with E-state index < -0.39 is 0 Å². The first kappa shape index (κ1) is 12.4. The smallest absolute Gasteiger partial charge is 0.119 e. The third-order valence-corrected chi connectivity index (χ3v) is 3.11. The lowest BCUT2D eigenvalue weighted by Gasteiger charge is -2.08. The molecule has 0 amide bonds. The second kappa shape index (κ2) is 6.78. The lowest BCUT2D eigenvalue weighted by Crippen LogP contribution is -2.00. The maximum atomic E-state index is 5.62. The van der Waals surface area contributed by atoms with Crippen LogP contribution in [0.4, 0.5) is 0 Å². The van der Waals surface area contributed by atoms with Crippen molar-refractivity contribution in [1.29, 1.82) is 0 Å². The molecule has 0 heterocycles. The Morgan fingerprint density at radius 3 is 2.40 bits per heavy atom. The minimum Gasteiger partial charge on any atom is -0.493 e. The van der Waals surface area contributed by atoms with Crippen LogP contribution in [0.3, 0.4) is 0 Å². The maximum Gasteiger partial charge on any atom is 0.119 e. The summed E-state index contributed by atoms with van der Waals surface area (Å²) in [4.78, 5) is 0. The summed E-state index contributed by atoms with van der Waals surface area (Å²) in [6.45, 7) is 7.38. The van der Waals surface area contributed by atoms with Crippen molar-refractivity contribution in [2.45, 2.75) is 26.7 Å². The van der Waals surface area contributed by atoms with Gasteiger partial charge in [0, 0.05) is 5.75 Å². The van der Waals surface area contributed by atoms with Crippen molar-refractivity contribution in [1.82, 2.24) is 0 Å². The largest absolute Gasteiger partial charge is 0.493 e. The Morgan fingerprint density at radius 2 is 1.87 bits per heavy atom. The Labute approximate surface area is 97.2 Å². The van der Waals surface area contributed by atoms with Gasteiger partial charge in [-0.1, -0.05) is 32.9 Å². The number of ether oxygens (including phenoxy) is 1. The molecule has 0 bridgehead atoms. The lowest BCUT2D eigenvalue weighted by atomic mass is 10.0. The Balaban J connectivity index is 2.36. The molecule has 2 heteroatoms.